The van der Waals surface area contributed by atoms with Crippen LogP contribution < -0.4 is 21.7 Å². The van der Waals surface area contributed by atoms with E-state index in [0.717, 1.165) is 0 Å². The molecule has 33 heavy (non-hydrogen) atoms. The fourth-order valence-electron chi connectivity index (χ4n) is 2.82. The smallest absolute Gasteiger partial charge is 0.326 e. The van der Waals surface area contributed by atoms with E-state index in [0.29, 0.717) is 11.3 Å². The molecule has 0 radical (unpaired) electrons. The van der Waals surface area contributed by atoms with E-state index in [4.69, 9.17) is 5.73 Å². The van der Waals surface area contributed by atoms with Crippen LogP contribution in [0, 0.1) is 5.92 Å². The molecule has 4 unspecified atom stereocenters. The van der Waals surface area contributed by atoms with Gasteiger partial charge in [0.05, 0.1) is 6.04 Å². The van der Waals surface area contributed by atoms with Crippen LogP contribution in [0.2, 0.25) is 0 Å². The van der Waals surface area contributed by atoms with Gasteiger partial charge in [0.1, 0.15) is 23.9 Å². The summed E-state index contributed by atoms with van der Waals surface area (Å²) < 4.78 is 0. The molecule has 3 amide bonds. The van der Waals surface area contributed by atoms with Crippen molar-refractivity contribution in [3.8, 4) is 5.75 Å². The first-order chi connectivity index (χ1) is 15.5. The Morgan fingerprint density at radius 2 is 1.52 bits per heavy atom. The van der Waals surface area contributed by atoms with E-state index >= 15 is 0 Å². The molecule has 1 aromatic rings. The number of benzene rings is 1. The molecule has 4 atom stereocenters. The van der Waals surface area contributed by atoms with Crippen molar-refractivity contribution in [2.45, 2.75) is 57.8 Å². The molecular weight excluding hydrogens is 448 g/mol. The van der Waals surface area contributed by atoms with Gasteiger partial charge in [-0.3, -0.25) is 14.4 Å². The van der Waals surface area contributed by atoms with Gasteiger partial charge < -0.3 is 31.9 Å². The number of nitrogens with two attached hydrogens (primary N) is 1. The number of carboxylic acid groups (broad SMARTS) is 1. The molecular formula is C22H34N4O6S. The Balaban J connectivity index is 2.84. The zero-order chi connectivity index (χ0) is 25.1. The highest BCUT2D eigenvalue weighted by Gasteiger charge is 2.29. The fourth-order valence-corrected chi connectivity index (χ4v) is 3.29. The molecule has 0 aliphatic heterocycles. The summed E-state index contributed by atoms with van der Waals surface area (Å²) in [5, 5.41) is 26.5. The lowest BCUT2D eigenvalue weighted by Crippen LogP contribution is -2.57. The first kappa shape index (κ1) is 28.2. The number of thioether (sulfide) groups is 1. The van der Waals surface area contributed by atoms with E-state index in [-0.39, 0.29) is 24.5 Å². The minimum atomic E-state index is -1.23. The maximum atomic E-state index is 12.8. The molecule has 7 N–H and O–H groups in total. The Morgan fingerprint density at radius 3 is 2.03 bits per heavy atom. The maximum Gasteiger partial charge on any atom is 0.326 e. The van der Waals surface area contributed by atoms with Crippen LogP contribution in [-0.4, -0.2) is 70.1 Å². The topological polar surface area (TPSA) is 171 Å². The largest absolute Gasteiger partial charge is 0.508 e. The Kier molecular flexibility index (Phi) is 11.7. The van der Waals surface area contributed by atoms with Crippen molar-refractivity contribution >= 4 is 35.5 Å². The minimum absolute atomic E-state index is 0.00407. The second kappa shape index (κ2) is 13.7. The zero-order valence-corrected chi connectivity index (χ0v) is 20.1. The van der Waals surface area contributed by atoms with Gasteiger partial charge in [-0.1, -0.05) is 26.0 Å². The van der Waals surface area contributed by atoms with Gasteiger partial charge in [0.15, 0.2) is 0 Å². The number of carboxylic acids is 1. The number of aliphatic carboxylic acids is 1. The van der Waals surface area contributed by atoms with Crippen molar-refractivity contribution in [3.63, 3.8) is 0 Å². The number of nitrogens with one attached hydrogen (secondary N) is 3. The number of hydrogen-bond donors (Lipinski definition) is 6. The Labute approximate surface area is 198 Å². The second-order valence-electron chi connectivity index (χ2n) is 8.11. The highest BCUT2D eigenvalue weighted by atomic mass is 32.2. The molecule has 0 aliphatic carbocycles. The Morgan fingerprint density at radius 1 is 0.939 bits per heavy atom. The highest BCUT2D eigenvalue weighted by molar-refractivity contribution is 7.98. The molecule has 1 aromatic carbocycles. The number of rotatable bonds is 13. The lowest BCUT2D eigenvalue weighted by molar-refractivity contribution is -0.142. The molecule has 0 bridgehead atoms. The first-order valence-electron chi connectivity index (χ1n) is 10.6. The molecule has 0 aliphatic rings. The monoisotopic (exact) mass is 482 g/mol. The third-order valence-corrected chi connectivity index (χ3v) is 5.65. The van der Waals surface area contributed by atoms with E-state index in [1.54, 1.807) is 26.0 Å². The van der Waals surface area contributed by atoms with E-state index in [2.05, 4.69) is 16.0 Å². The molecule has 0 aromatic heterocycles. The standard InChI is InChI=1S/C22H34N4O6S/c1-12(2)18(23)21(30)24-13(3)19(28)25-16(9-10-33-4)20(29)26-17(22(31)32)11-14-5-7-15(27)8-6-14/h5-8,12-13,16-18,27H,9-11,23H2,1-4H3,(H,24,30)(H,25,28)(H,26,29)(H,31,32). The molecule has 11 heteroatoms. The fraction of sp³-hybridized carbons (Fsp3) is 0.545. The van der Waals surface area contributed by atoms with Crippen LogP contribution in [0.4, 0.5) is 0 Å². The predicted molar refractivity (Wildman–Crippen MR) is 127 cm³/mol. The number of carbonyl (C=O) groups is 4. The number of carbonyl (C=O) groups excluding carboxylic acids is 3. The van der Waals surface area contributed by atoms with Crippen molar-refractivity contribution in [1.29, 1.82) is 0 Å². The van der Waals surface area contributed by atoms with Gasteiger partial charge in [-0.25, -0.2) is 4.79 Å². The summed E-state index contributed by atoms with van der Waals surface area (Å²) in [4.78, 5) is 49.3. The van der Waals surface area contributed by atoms with E-state index < -0.39 is 47.9 Å². The van der Waals surface area contributed by atoms with Crippen LogP contribution >= 0.6 is 11.8 Å². The highest BCUT2D eigenvalue weighted by Crippen LogP contribution is 2.12. The average molecular weight is 483 g/mol. The van der Waals surface area contributed by atoms with Crippen LogP contribution in [-0.2, 0) is 25.6 Å². The molecule has 0 heterocycles. The van der Waals surface area contributed by atoms with Gasteiger partial charge >= 0.3 is 5.97 Å². The normalized spacial score (nSPS) is 14.6. The number of phenolic OH excluding ortho intramolecular Hbond substituents is 1. The van der Waals surface area contributed by atoms with Crippen molar-refractivity contribution in [3.05, 3.63) is 29.8 Å². The van der Waals surface area contributed by atoms with Gasteiger partial charge in [0.2, 0.25) is 17.7 Å². The molecule has 1 rings (SSSR count). The third-order valence-electron chi connectivity index (χ3n) is 5.01. The molecule has 0 saturated heterocycles. The molecule has 0 spiro atoms. The number of hydrogen-bond acceptors (Lipinski definition) is 7. The summed E-state index contributed by atoms with van der Waals surface area (Å²) in [6.45, 7) is 5.05. The number of phenols is 1. The van der Waals surface area contributed by atoms with Gasteiger partial charge in [-0.2, -0.15) is 11.8 Å². The quantitative estimate of drug-likeness (QED) is 0.232. The minimum Gasteiger partial charge on any atom is -0.508 e. The molecule has 184 valence electrons. The van der Waals surface area contributed by atoms with Gasteiger partial charge in [0.25, 0.3) is 0 Å². The predicted octanol–water partition coefficient (Wildman–Crippen LogP) is 0.230. The summed E-state index contributed by atoms with van der Waals surface area (Å²) in [6.07, 6.45) is 2.12. The summed E-state index contributed by atoms with van der Waals surface area (Å²) in [5.74, 6) is -2.43. The average Bonchev–Trinajstić information content (AvgIpc) is 2.76. The van der Waals surface area contributed by atoms with Crippen molar-refractivity contribution in [2.24, 2.45) is 11.7 Å². The van der Waals surface area contributed by atoms with Crippen molar-refractivity contribution in [2.75, 3.05) is 12.0 Å². The van der Waals surface area contributed by atoms with Crippen LogP contribution in [0.15, 0.2) is 24.3 Å². The zero-order valence-electron chi connectivity index (χ0n) is 19.3. The number of amides is 3. The van der Waals surface area contributed by atoms with E-state index in [1.165, 1.54) is 30.8 Å². The second-order valence-corrected chi connectivity index (χ2v) is 9.10. The van der Waals surface area contributed by atoms with Crippen LogP contribution in [0.1, 0.15) is 32.8 Å². The Hall–Kier alpha value is -2.79. The van der Waals surface area contributed by atoms with Gasteiger partial charge in [0, 0.05) is 6.42 Å². The van der Waals surface area contributed by atoms with Gasteiger partial charge in [-0.05, 0) is 49.0 Å². The Bertz CT molecular complexity index is 818. The molecule has 0 saturated carbocycles. The number of aromatic hydroxyl groups is 1. The maximum absolute atomic E-state index is 12.8. The van der Waals surface area contributed by atoms with E-state index in [1.807, 2.05) is 6.26 Å². The SMILES string of the molecule is CSCCC(NC(=O)C(C)NC(=O)C(N)C(C)C)C(=O)NC(Cc1ccc(O)cc1)C(=O)O. The lowest BCUT2D eigenvalue weighted by atomic mass is 10.0. The van der Waals surface area contributed by atoms with Crippen LogP contribution in [0.25, 0.3) is 0 Å². The third kappa shape index (κ3) is 9.70. The first-order valence-corrected chi connectivity index (χ1v) is 12.0. The van der Waals surface area contributed by atoms with Crippen LogP contribution in [0.3, 0.4) is 0 Å². The van der Waals surface area contributed by atoms with Crippen molar-refractivity contribution in [1.82, 2.24) is 16.0 Å². The lowest BCUT2D eigenvalue weighted by Gasteiger charge is -2.24. The summed E-state index contributed by atoms with van der Waals surface area (Å²) in [6, 6.07) is 2.08. The van der Waals surface area contributed by atoms with Crippen LogP contribution in [0.5, 0.6) is 5.75 Å². The summed E-state index contributed by atoms with van der Waals surface area (Å²) in [5.41, 5.74) is 6.41. The molecule has 10 nitrogen and oxygen atoms in total. The van der Waals surface area contributed by atoms with Gasteiger partial charge in [-0.15, -0.1) is 0 Å². The van der Waals surface area contributed by atoms with Crippen molar-refractivity contribution < 1.29 is 29.4 Å². The summed E-state index contributed by atoms with van der Waals surface area (Å²) in [7, 11) is 0. The van der Waals surface area contributed by atoms with E-state index in [9.17, 15) is 29.4 Å². The summed E-state index contributed by atoms with van der Waals surface area (Å²) >= 11 is 1.47. The molecule has 0 fully saturated rings.